The molecule has 1 atom stereocenters. The zero-order valence-corrected chi connectivity index (χ0v) is 9.40. The molecule has 0 spiro atoms. The molecule has 1 aliphatic heterocycles. The fraction of sp³-hybridized carbons (Fsp3) is 0.300. The van der Waals surface area contributed by atoms with Gasteiger partial charge in [-0.1, -0.05) is 29.8 Å². The van der Waals surface area contributed by atoms with E-state index in [1.165, 1.54) is 0 Å². The highest BCUT2D eigenvalue weighted by Crippen LogP contribution is 2.28. The summed E-state index contributed by atoms with van der Waals surface area (Å²) < 4.78 is 0. The molecule has 14 heavy (non-hydrogen) atoms. The topological polar surface area (TPSA) is 15.3 Å². The Morgan fingerprint density at radius 3 is 2.79 bits per heavy atom. The molecule has 1 N–H and O–H groups in total. The molecule has 0 saturated carbocycles. The first kappa shape index (κ1) is 9.74. The Morgan fingerprint density at radius 1 is 1.50 bits per heavy atom. The summed E-state index contributed by atoms with van der Waals surface area (Å²) in [6, 6.07) is 8.14. The second-order valence-electron chi connectivity index (χ2n) is 3.33. The Labute approximate surface area is 93.9 Å². The minimum Gasteiger partial charge on any atom is -0.360 e. The van der Waals surface area contributed by atoms with E-state index in [1.54, 1.807) is 0 Å². The molecular formula is C10H11ClN2S. The molecule has 1 unspecified atom stereocenters. The van der Waals surface area contributed by atoms with Crippen LogP contribution in [0.15, 0.2) is 24.3 Å². The molecule has 1 aromatic carbocycles. The Morgan fingerprint density at radius 2 is 2.21 bits per heavy atom. The van der Waals surface area contributed by atoms with Gasteiger partial charge in [0.25, 0.3) is 0 Å². The molecule has 4 heteroatoms. The monoisotopic (exact) mass is 226 g/mol. The van der Waals surface area contributed by atoms with Crippen molar-refractivity contribution >= 4 is 28.9 Å². The average Bonchev–Trinajstić information content (AvgIpc) is 2.49. The van der Waals surface area contributed by atoms with E-state index in [4.69, 9.17) is 23.8 Å². The van der Waals surface area contributed by atoms with Gasteiger partial charge in [0.15, 0.2) is 5.11 Å². The SMILES string of the molecule is CN1C(=S)NCC1c1ccccc1Cl. The van der Waals surface area contributed by atoms with Gasteiger partial charge in [-0.25, -0.2) is 0 Å². The zero-order valence-electron chi connectivity index (χ0n) is 7.83. The Kier molecular flexibility index (Phi) is 2.61. The van der Waals surface area contributed by atoms with Crippen molar-refractivity contribution in [3.05, 3.63) is 34.9 Å². The van der Waals surface area contributed by atoms with E-state index >= 15 is 0 Å². The first-order chi connectivity index (χ1) is 6.70. The predicted octanol–water partition coefficient (Wildman–Crippen LogP) is 2.20. The maximum Gasteiger partial charge on any atom is 0.169 e. The van der Waals surface area contributed by atoms with Gasteiger partial charge in [-0.3, -0.25) is 0 Å². The van der Waals surface area contributed by atoms with E-state index in [0.717, 1.165) is 22.2 Å². The van der Waals surface area contributed by atoms with E-state index in [1.807, 2.05) is 36.2 Å². The average molecular weight is 227 g/mol. The van der Waals surface area contributed by atoms with Gasteiger partial charge < -0.3 is 10.2 Å². The molecule has 2 rings (SSSR count). The maximum atomic E-state index is 6.12. The van der Waals surface area contributed by atoms with Gasteiger partial charge in [0.05, 0.1) is 6.04 Å². The molecule has 0 bridgehead atoms. The van der Waals surface area contributed by atoms with E-state index in [0.29, 0.717) is 0 Å². The molecule has 0 amide bonds. The number of halogens is 1. The van der Waals surface area contributed by atoms with Crippen LogP contribution in [0.5, 0.6) is 0 Å². The largest absolute Gasteiger partial charge is 0.360 e. The molecule has 0 radical (unpaired) electrons. The minimum absolute atomic E-state index is 0.260. The van der Waals surface area contributed by atoms with Gasteiger partial charge in [-0.15, -0.1) is 0 Å². The Hall–Kier alpha value is -0.800. The quantitative estimate of drug-likeness (QED) is 0.740. The third kappa shape index (κ3) is 1.57. The van der Waals surface area contributed by atoms with E-state index in [9.17, 15) is 0 Å². The van der Waals surface area contributed by atoms with Crippen LogP contribution in [0, 0.1) is 0 Å². The van der Waals surface area contributed by atoms with Crippen molar-refractivity contribution < 1.29 is 0 Å². The number of hydrogen-bond donors (Lipinski definition) is 1. The van der Waals surface area contributed by atoms with E-state index < -0.39 is 0 Å². The summed E-state index contributed by atoms with van der Waals surface area (Å²) in [6.07, 6.45) is 0. The number of benzene rings is 1. The fourth-order valence-corrected chi connectivity index (χ4v) is 2.12. The summed E-state index contributed by atoms with van der Waals surface area (Å²) in [5.74, 6) is 0. The van der Waals surface area contributed by atoms with E-state index in [-0.39, 0.29) is 6.04 Å². The second-order valence-corrected chi connectivity index (χ2v) is 4.13. The van der Waals surface area contributed by atoms with Gasteiger partial charge in [-0.2, -0.15) is 0 Å². The van der Waals surface area contributed by atoms with Crippen LogP contribution in [0.2, 0.25) is 5.02 Å². The zero-order chi connectivity index (χ0) is 10.1. The molecule has 0 aromatic heterocycles. The predicted molar refractivity (Wildman–Crippen MR) is 62.6 cm³/mol. The van der Waals surface area contributed by atoms with Crippen molar-refractivity contribution in [1.29, 1.82) is 0 Å². The smallest absolute Gasteiger partial charge is 0.169 e. The lowest BCUT2D eigenvalue weighted by Gasteiger charge is -2.20. The summed E-state index contributed by atoms with van der Waals surface area (Å²) in [5.41, 5.74) is 1.13. The molecular weight excluding hydrogens is 216 g/mol. The normalized spacial score (nSPS) is 21.1. The summed E-state index contributed by atoms with van der Waals surface area (Å²) >= 11 is 11.3. The van der Waals surface area contributed by atoms with Gasteiger partial charge in [0.1, 0.15) is 0 Å². The third-order valence-corrected chi connectivity index (χ3v) is 3.28. The van der Waals surface area contributed by atoms with Gasteiger partial charge in [0, 0.05) is 18.6 Å². The third-order valence-electron chi connectivity index (χ3n) is 2.50. The lowest BCUT2D eigenvalue weighted by Crippen LogP contribution is -2.25. The van der Waals surface area contributed by atoms with Gasteiger partial charge in [-0.05, 0) is 23.8 Å². The summed E-state index contributed by atoms with van der Waals surface area (Å²) in [6.45, 7) is 0.832. The molecule has 1 aromatic rings. The van der Waals surface area contributed by atoms with Crippen molar-refractivity contribution in [2.45, 2.75) is 6.04 Å². The highest BCUT2D eigenvalue weighted by atomic mass is 35.5. The molecule has 1 aliphatic rings. The lowest BCUT2D eigenvalue weighted by molar-refractivity contribution is 0.429. The first-order valence-corrected chi connectivity index (χ1v) is 5.24. The van der Waals surface area contributed by atoms with Crippen LogP contribution in [-0.2, 0) is 0 Å². The lowest BCUT2D eigenvalue weighted by atomic mass is 10.1. The number of thiocarbonyl (C=S) groups is 1. The van der Waals surface area contributed by atoms with Gasteiger partial charge in [0.2, 0.25) is 0 Å². The number of hydrogen-bond acceptors (Lipinski definition) is 1. The van der Waals surface area contributed by atoms with Crippen LogP contribution in [0.4, 0.5) is 0 Å². The number of nitrogens with zero attached hydrogens (tertiary/aromatic N) is 1. The number of likely N-dealkylation sites (N-methyl/N-ethyl adjacent to an activating group) is 1. The van der Waals surface area contributed by atoms with Crippen molar-refractivity contribution in [2.24, 2.45) is 0 Å². The number of nitrogens with one attached hydrogen (secondary N) is 1. The van der Waals surface area contributed by atoms with Crippen molar-refractivity contribution in [3.8, 4) is 0 Å². The van der Waals surface area contributed by atoms with Crippen LogP contribution in [-0.4, -0.2) is 23.6 Å². The Balaban J connectivity index is 2.32. The molecule has 74 valence electrons. The standard InChI is InChI=1S/C10H11ClN2S/c1-13-9(6-12-10(13)14)7-4-2-3-5-8(7)11/h2-5,9H,6H2,1H3,(H,12,14). The van der Waals surface area contributed by atoms with Crippen molar-refractivity contribution in [1.82, 2.24) is 10.2 Å². The van der Waals surface area contributed by atoms with Gasteiger partial charge >= 0.3 is 0 Å². The van der Waals surface area contributed by atoms with Crippen LogP contribution in [0.3, 0.4) is 0 Å². The molecule has 0 aliphatic carbocycles. The van der Waals surface area contributed by atoms with Crippen LogP contribution in [0.25, 0.3) is 0 Å². The summed E-state index contributed by atoms with van der Waals surface area (Å²) in [4.78, 5) is 2.04. The van der Waals surface area contributed by atoms with Crippen molar-refractivity contribution in [2.75, 3.05) is 13.6 Å². The molecule has 1 saturated heterocycles. The summed E-state index contributed by atoms with van der Waals surface area (Å²) in [7, 11) is 1.98. The van der Waals surface area contributed by atoms with Crippen LogP contribution < -0.4 is 5.32 Å². The highest BCUT2D eigenvalue weighted by Gasteiger charge is 2.26. The second kappa shape index (κ2) is 3.75. The molecule has 1 fully saturated rings. The number of rotatable bonds is 1. The fourth-order valence-electron chi connectivity index (χ4n) is 1.65. The van der Waals surface area contributed by atoms with Crippen LogP contribution >= 0.6 is 23.8 Å². The van der Waals surface area contributed by atoms with Crippen LogP contribution in [0.1, 0.15) is 11.6 Å². The Bertz CT molecular complexity index is 367. The molecule has 2 nitrogen and oxygen atoms in total. The van der Waals surface area contributed by atoms with Crippen molar-refractivity contribution in [3.63, 3.8) is 0 Å². The highest BCUT2D eigenvalue weighted by molar-refractivity contribution is 7.80. The summed E-state index contributed by atoms with van der Waals surface area (Å²) in [5, 5.41) is 4.73. The first-order valence-electron chi connectivity index (χ1n) is 4.45. The minimum atomic E-state index is 0.260. The molecule has 1 heterocycles. The maximum absolute atomic E-state index is 6.12. The van der Waals surface area contributed by atoms with E-state index in [2.05, 4.69) is 5.32 Å².